The van der Waals surface area contributed by atoms with Gasteiger partial charge in [-0.15, -0.1) is 11.3 Å². The maximum atomic E-state index is 13.8. The second-order valence-corrected chi connectivity index (χ2v) is 6.18. The summed E-state index contributed by atoms with van der Waals surface area (Å²) >= 11 is 10.6. The Labute approximate surface area is 116 Å². The topological polar surface area (TPSA) is 38.0 Å². The average molecular weight is 336 g/mol. The van der Waals surface area contributed by atoms with Crippen molar-refractivity contribution in [2.45, 2.75) is 6.04 Å². The summed E-state index contributed by atoms with van der Waals surface area (Å²) < 4.78 is 14.8. The molecule has 1 aromatic heterocycles. The number of hydrazine groups is 1. The number of thiophene rings is 1. The Morgan fingerprint density at radius 2 is 2.18 bits per heavy atom. The SMILES string of the molecule is NNC(c1csc(Br)c1)c1ccc(Cl)cc1F. The van der Waals surface area contributed by atoms with E-state index in [0.29, 0.717) is 10.6 Å². The minimum Gasteiger partial charge on any atom is -0.271 e. The van der Waals surface area contributed by atoms with Crippen LogP contribution < -0.4 is 11.3 Å². The van der Waals surface area contributed by atoms with E-state index in [-0.39, 0.29) is 11.9 Å². The molecule has 1 aromatic carbocycles. The van der Waals surface area contributed by atoms with Gasteiger partial charge < -0.3 is 0 Å². The molecule has 3 N–H and O–H groups in total. The van der Waals surface area contributed by atoms with Gasteiger partial charge in [0.15, 0.2) is 0 Å². The Morgan fingerprint density at radius 1 is 1.41 bits per heavy atom. The zero-order valence-electron chi connectivity index (χ0n) is 8.58. The van der Waals surface area contributed by atoms with Crippen LogP contribution in [0.15, 0.2) is 33.4 Å². The first-order valence-electron chi connectivity index (χ1n) is 4.77. The molecule has 0 aliphatic rings. The molecule has 1 atom stereocenters. The smallest absolute Gasteiger partial charge is 0.129 e. The lowest BCUT2D eigenvalue weighted by Gasteiger charge is -2.16. The first-order valence-corrected chi connectivity index (χ1v) is 6.82. The maximum absolute atomic E-state index is 13.8. The van der Waals surface area contributed by atoms with E-state index in [4.69, 9.17) is 17.4 Å². The number of hydrogen-bond donors (Lipinski definition) is 2. The van der Waals surface area contributed by atoms with Crippen molar-refractivity contribution in [2.24, 2.45) is 5.84 Å². The minimum atomic E-state index is -0.380. The molecule has 17 heavy (non-hydrogen) atoms. The van der Waals surface area contributed by atoms with Gasteiger partial charge in [-0.3, -0.25) is 5.84 Å². The van der Waals surface area contributed by atoms with Crippen LogP contribution in [0.4, 0.5) is 4.39 Å². The van der Waals surface area contributed by atoms with Gasteiger partial charge in [-0.05, 0) is 45.1 Å². The summed E-state index contributed by atoms with van der Waals surface area (Å²) in [6.07, 6.45) is 0. The Hall–Kier alpha value is -0.460. The second-order valence-electron chi connectivity index (χ2n) is 3.45. The third kappa shape index (κ3) is 2.86. The summed E-state index contributed by atoms with van der Waals surface area (Å²) in [5, 5.41) is 2.29. The first-order chi connectivity index (χ1) is 8.11. The Morgan fingerprint density at radius 3 is 2.71 bits per heavy atom. The van der Waals surface area contributed by atoms with Crippen LogP contribution in [-0.2, 0) is 0 Å². The van der Waals surface area contributed by atoms with Gasteiger partial charge in [0.2, 0.25) is 0 Å². The largest absolute Gasteiger partial charge is 0.271 e. The summed E-state index contributed by atoms with van der Waals surface area (Å²) in [4.78, 5) is 0. The summed E-state index contributed by atoms with van der Waals surface area (Å²) in [5.41, 5.74) is 3.99. The fourth-order valence-electron chi connectivity index (χ4n) is 1.58. The number of nitrogens with two attached hydrogens (primary N) is 1. The molecule has 1 heterocycles. The maximum Gasteiger partial charge on any atom is 0.129 e. The van der Waals surface area contributed by atoms with Crippen LogP contribution in [-0.4, -0.2) is 0 Å². The molecule has 0 spiro atoms. The fraction of sp³-hybridized carbons (Fsp3) is 0.0909. The molecule has 1 unspecified atom stereocenters. The zero-order chi connectivity index (χ0) is 12.4. The van der Waals surface area contributed by atoms with Gasteiger partial charge in [0.1, 0.15) is 5.82 Å². The lowest BCUT2D eigenvalue weighted by atomic mass is 10.0. The van der Waals surface area contributed by atoms with Gasteiger partial charge in [-0.25, -0.2) is 9.82 Å². The highest BCUT2D eigenvalue weighted by Gasteiger charge is 2.17. The number of halogens is 3. The lowest BCUT2D eigenvalue weighted by Crippen LogP contribution is -2.29. The summed E-state index contributed by atoms with van der Waals surface area (Å²) in [5.74, 6) is 5.12. The highest BCUT2D eigenvalue weighted by molar-refractivity contribution is 9.11. The van der Waals surface area contributed by atoms with Crippen molar-refractivity contribution >= 4 is 38.9 Å². The van der Waals surface area contributed by atoms with E-state index >= 15 is 0 Å². The Balaban J connectivity index is 2.42. The van der Waals surface area contributed by atoms with Crippen molar-refractivity contribution in [3.8, 4) is 0 Å². The number of hydrogen-bond acceptors (Lipinski definition) is 3. The quantitative estimate of drug-likeness (QED) is 0.660. The first kappa shape index (κ1) is 13.0. The van der Waals surface area contributed by atoms with Crippen LogP contribution in [0.25, 0.3) is 0 Å². The standard InChI is InChI=1S/C11H9BrClFN2S/c12-10-3-6(5-17-10)11(16-15)8-2-1-7(13)4-9(8)14/h1-5,11,16H,15H2. The van der Waals surface area contributed by atoms with Crippen LogP contribution in [0.5, 0.6) is 0 Å². The van der Waals surface area contributed by atoms with E-state index < -0.39 is 0 Å². The molecule has 90 valence electrons. The van der Waals surface area contributed by atoms with Gasteiger partial charge in [-0.1, -0.05) is 17.7 Å². The third-order valence-corrected chi connectivity index (χ3v) is 4.12. The molecule has 0 saturated carbocycles. The summed E-state index contributed by atoms with van der Waals surface area (Å²) in [6.45, 7) is 0. The monoisotopic (exact) mass is 334 g/mol. The van der Waals surface area contributed by atoms with Crippen LogP contribution in [0.1, 0.15) is 17.2 Å². The van der Waals surface area contributed by atoms with E-state index in [9.17, 15) is 4.39 Å². The molecule has 0 fully saturated rings. The molecule has 0 aliphatic carbocycles. The van der Waals surface area contributed by atoms with E-state index in [1.165, 1.54) is 17.4 Å². The van der Waals surface area contributed by atoms with Crippen LogP contribution in [0, 0.1) is 5.82 Å². The van der Waals surface area contributed by atoms with E-state index in [1.807, 2.05) is 11.4 Å². The molecule has 0 bridgehead atoms. The van der Waals surface area contributed by atoms with Gasteiger partial charge >= 0.3 is 0 Å². The molecule has 6 heteroatoms. The van der Waals surface area contributed by atoms with Crippen molar-refractivity contribution in [3.63, 3.8) is 0 Å². The molecule has 0 saturated heterocycles. The van der Waals surface area contributed by atoms with Crippen molar-refractivity contribution in [3.05, 3.63) is 55.4 Å². The molecule has 0 radical (unpaired) electrons. The Kier molecular flexibility index (Phi) is 4.17. The lowest BCUT2D eigenvalue weighted by molar-refractivity contribution is 0.561. The highest BCUT2D eigenvalue weighted by Crippen LogP contribution is 2.30. The van der Waals surface area contributed by atoms with Crippen molar-refractivity contribution < 1.29 is 4.39 Å². The van der Waals surface area contributed by atoms with Crippen LogP contribution >= 0.6 is 38.9 Å². The van der Waals surface area contributed by atoms with E-state index in [0.717, 1.165) is 9.35 Å². The zero-order valence-corrected chi connectivity index (χ0v) is 11.7. The average Bonchev–Trinajstić information content (AvgIpc) is 2.69. The van der Waals surface area contributed by atoms with Crippen molar-refractivity contribution in [2.75, 3.05) is 0 Å². The molecular formula is C11H9BrClFN2S. The fourth-order valence-corrected chi connectivity index (χ4v) is 2.94. The molecule has 2 rings (SSSR count). The summed E-state index contributed by atoms with van der Waals surface area (Å²) in [7, 11) is 0. The molecule has 2 aromatic rings. The van der Waals surface area contributed by atoms with Crippen LogP contribution in [0.3, 0.4) is 0 Å². The number of benzene rings is 1. The third-order valence-electron chi connectivity index (χ3n) is 2.36. The normalized spacial score (nSPS) is 12.7. The molecular weight excluding hydrogens is 327 g/mol. The van der Waals surface area contributed by atoms with E-state index in [2.05, 4.69) is 21.4 Å². The molecule has 0 amide bonds. The number of nitrogens with one attached hydrogen (secondary N) is 1. The second kappa shape index (κ2) is 5.46. The molecule has 2 nitrogen and oxygen atoms in total. The van der Waals surface area contributed by atoms with Gasteiger partial charge in [0.25, 0.3) is 0 Å². The minimum absolute atomic E-state index is 0.369. The van der Waals surface area contributed by atoms with Crippen molar-refractivity contribution in [1.29, 1.82) is 0 Å². The predicted molar refractivity (Wildman–Crippen MR) is 72.6 cm³/mol. The van der Waals surface area contributed by atoms with Gasteiger partial charge in [0, 0.05) is 10.6 Å². The highest BCUT2D eigenvalue weighted by atomic mass is 79.9. The van der Waals surface area contributed by atoms with Gasteiger partial charge in [-0.2, -0.15) is 0 Å². The Bertz CT molecular complexity index is 532. The molecule has 0 aliphatic heterocycles. The van der Waals surface area contributed by atoms with Crippen molar-refractivity contribution in [1.82, 2.24) is 5.43 Å². The number of rotatable bonds is 3. The predicted octanol–water partition coefficient (Wildman–Crippen LogP) is 3.86. The van der Waals surface area contributed by atoms with Gasteiger partial charge in [0.05, 0.1) is 9.83 Å². The van der Waals surface area contributed by atoms with E-state index in [1.54, 1.807) is 12.1 Å². The summed E-state index contributed by atoms with van der Waals surface area (Å²) in [6, 6.07) is 6.08. The van der Waals surface area contributed by atoms with Crippen LogP contribution in [0.2, 0.25) is 5.02 Å².